The monoisotopic (exact) mass is 285 g/mol. The summed E-state index contributed by atoms with van der Waals surface area (Å²) in [6.45, 7) is 0.727. The predicted molar refractivity (Wildman–Crippen MR) is 77.6 cm³/mol. The molecule has 3 N–H and O–H groups in total. The van der Waals surface area contributed by atoms with Gasteiger partial charge >= 0.3 is 0 Å². The van der Waals surface area contributed by atoms with Crippen LogP contribution in [0.2, 0.25) is 0 Å². The fourth-order valence-corrected chi connectivity index (χ4v) is 2.17. The molecule has 1 aromatic carbocycles. The average molecular weight is 285 g/mol. The van der Waals surface area contributed by atoms with E-state index in [2.05, 4.69) is 15.4 Å². The van der Waals surface area contributed by atoms with E-state index in [9.17, 15) is 4.79 Å². The number of nitrogens with two attached hydrogens (primary N) is 1. The summed E-state index contributed by atoms with van der Waals surface area (Å²) in [5, 5.41) is 0. The van der Waals surface area contributed by atoms with Crippen molar-refractivity contribution in [2.24, 2.45) is 5.84 Å². The first-order valence-corrected chi connectivity index (χ1v) is 6.57. The van der Waals surface area contributed by atoms with Crippen LogP contribution < -0.4 is 20.9 Å². The number of aromatic nitrogens is 2. The zero-order valence-corrected chi connectivity index (χ0v) is 11.3. The zero-order chi connectivity index (χ0) is 14.7. The maximum absolute atomic E-state index is 12.3. The van der Waals surface area contributed by atoms with Gasteiger partial charge in [-0.25, -0.2) is 10.8 Å². The van der Waals surface area contributed by atoms with Gasteiger partial charge in [-0.15, -0.1) is 0 Å². The Morgan fingerprint density at radius 3 is 2.90 bits per heavy atom. The molecule has 2 aromatic rings. The first-order valence-electron chi connectivity index (χ1n) is 6.57. The Bertz CT molecular complexity index is 644. The van der Waals surface area contributed by atoms with E-state index in [4.69, 9.17) is 10.6 Å². The molecule has 3 rings (SSSR count). The largest absolute Gasteiger partial charge is 0.491 e. The van der Waals surface area contributed by atoms with Crippen LogP contribution in [0.15, 0.2) is 36.7 Å². The molecule has 0 atom stereocenters. The number of nitrogen functional groups attached to an aromatic ring is 1. The van der Waals surface area contributed by atoms with Crippen molar-refractivity contribution in [3.8, 4) is 5.75 Å². The highest BCUT2D eigenvalue weighted by molar-refractivity contribution is 5.95. The van der Waals surface area contributed by atoms with Crippen molar-refractivity contribution in [2.75, 3.05) is 16.9 Å². The van der Waals surface area contributed by atoms with Gasteiger partial charge in [0, 0.05) is 0 Å². The summed E-state index contributed by atoms with van der Waals surface area (Å²) in [5.41, 5.74) is 3.85. The first-order chi connectivity index (χ1) is 10.3. The number of nitrogens with zero attached hydrogens (tertiary/aromatic N) is 3. The number of anilines is 2. The zero-order valence-electron chi connectivity index (χ0n) is 11.3. The van der Waals surface area contributed by atoms with E-state index in [1.807, 2.05) is 24.3 Å². The van der Waals surface area contributed by atoms with Gasteiger partial charge in [-0.2, -0.15) is 0 Å². The highest BCUT2D eigenvalue weighted by Crippen LogP contribution is 2.31. The second kappa shape index (κ2) is 5.76. The molecule has 2 heterocycles. The van der Waals surface area contributed by atoms with E-state index in [1.54, 1.807) is 11.1 Å². The number of para-hydroxylation sites is 2. The summed E-state index contributed by atoms with van der Waals surface area (Å²) in [7, 11) is 0. The Balaban J connectivity index is 1.90. The lowest BCUT2D eigenvalue weighted by Gasteiger charge is -2.21. The third-order valence-corrected chi connectivity index (χ3v) is 3.20. The molecule has 0 bridgehead atoms. The van der Waals surface area contributed by atoms with Gasteiger partial charge in [0.2, 0.25) is 5.91 Å². The number of hydrogen-bond donors (Lipinski definition) is 2. The maximum Gasteiger partial charge on any atom is 0.230 e. The van der Waals surface area contributed by atoms with Crippen LogP contribution in [-0.2, 0) is 11.3 Å². The van der Waals surface area contributed by atoms with Crippen LogP contribution in [0.4, 0.5) is 11.5 Å². The Morgan fingerprint density at radius 2 is 2.14 bits per heavy atom. The third-order valence-electron chi connectivity index (χ3n) is 3.20. The van der Waals surface area contributed by atoms with Crippen LogP contribution in [0.1, 0.15) is 12.1 Å². The fraction of sp³-hybridized carbons (Fsp3) is 0.214. The smallest absolute Gasteiger partial charge is 0.230 e. The lowest BCUT2D eigenvalue weighted by Crippen LogP contribution is -2.30. The highest BCUT2D eigenvalue weighted by atomic mass is 16.5. The van der Waals surface area contributed by atoms with Crippen molar-refractivity contribution < 1.29 is 9.53 Å². The third kappa shape index (κ3) is 2.77. The number of benzene rings is 1. The lowest BCUT2D eigenvalue weighted by atomic mass is 10.2. The second-order valence-electron chi connectivity index (χ2n) is 4.58. The standard InChI is InChI=1S/C14H15N5O2/c15-18-13-8-16-10(7-17-13)9-19-11-3-1-2-4-12(11)21-6-5-14(19)20/h1-4,7-8H,5-6,9,15H2,(H,17,18). The van der Waals surface area contributed by atoms with Crippen molar-refractivity contribution in [3.63, 3.8) is 0 Å². The molecule has 0 unspecified atom stereocenters. The number of fused-ring (bicyclic) bond motifs is 1. The van der Waals surface area contributed by atoms with Crippen molar-refractivity contribution in [3.05, 3.63) is 42.4 Å². The molecule has 21 heavy (non-hydrogen) atoms. The summed E-state index contributed by atoms with van der Waals surface area (Å²) < 4.78 is 5.60. The minimum absolute atomic E-state index is 0.00257. The van der Waals surface area contributed by atoms with Gasteiger partial charge in [0.25, 0.3) is 0 Å². The lowest BCUT2D eigenvalue weighted by molar-refractivity contribution is -0.118. The van der Waals surface area contributed by atoms with Gasteiger partial charge in [-0.05, 0) is 12.1 Å². The topological polar surface area (TPSA) is 93.4 Å². The predicted octanol–water partition coefficient (Wildman–Crippen LogP) is 1.08. The van der Waals surface area contributed by atoms with Crippen molar-refractivity contribution in [1.82, 2.24) is 9.97 Å². The summed E-state index contributed by atoms with van der Waals surface area (Å²) in [6.07, 6.45) is 3.46. The van der Waals surface area contributed by atoms with Gasteiger partial charge in [-0.3, -0.25) is 9.78 Å². The van der Waals surface area contributed by atoms with Crippen LogP contribution in [0.25, 0.3) is 0 Å². The van der Waals surface area contributed by atoms with Crippen LogP contribution in [0.3, 0.4) is 0 Å². The van der Waals surface area contributed by atoms with Gasteiger partial charge < -0.3 is 15.1 Å². The molecule has 0 spiro atoms. The summed E-state index contributed by atoms with van der Waals surface area (Å²) in [5.74, 6) is 6.44. The number of hydrogen-bond acceptors (Lipinski definition) is 6. The van der Waals surface area contributed by atoms with Crippen LogP contribution in [0, 0.1) is 0 Å². The molecule has 1 aliphatic heterocycles. The number of amides is 1. The Kier molecular flexibility index (Phi) is 3.65. The molecule has 0 fully saturated rings. The highest BCUT2D eigenvalue weighted by Gasteiger charge is 2.23. The molecular weight excluding hydrogens is 270 g/mol. The Hall–Kier alpha value is -2.67. The number of rotatable bonds is 3. The molecule has 0 radical (unpaired) electrons. The van der Waals surface area contributed by atoms with Crippen molar-refractivity contribution in [1.29, 1.82) is 0 Å². The van der Waals surface area contributed by atoms with Gasteiger partial charge in [0.1, 0.15) is 5.75 Å². The van der Waals surface area contributed by atoms with Crippen molar-refractivity contribution in [2.45, 2.75) is 13.0 Å². The van der Waals surface area contributed by atoms with Crippen molar-refractivity contribution >= 4 is 17.4 Å². The number of ether oxygens (including phenoxy) is 1. The van der Waals surface area contributed by atoms with Crippen LogP contribution >= 0.6 is 0 Å². The molecular formula is C14H15N5O2. The number of carbonyl (C=O) groups excluding carboxylic acids is 1. The molecule has 0 saturated heterocycles. The van der Waals surface area contributed by atoms with E-state index in [-0.39, 0.29) is 5.91 Å². The van der Waals surface area contributed by atoms with Crippen LogP contribution in [-0.4, -0.2) is 22.5 Å². The average Bonchev–Trinajstić information content (AvgIpc) is 2.68. The SMILES string of the molecule is NNc1cnc(CN2C(=O)CCOc3ccccc32)cn1. The molecule has 108 valence electrons. The normalized spacial score (nSPS) is 14.1. The summed E-state index contributed by atoms with van der Waals surface area (Å²) >= 11 is 0. The summed E-state index contributed by atoms with van der Waals surface area (Å²) in [6, 6.07) is 7.48. The molecule has 0 saturated carbocycles. The van der Waals surface area contributed by atoms with E-state index in [0.29, 0.717) is 36.8 Å². The molecule has 1 aliphatic rings. The van der Waals surface area contributed by atoms with Gasteiger partial charge in [-0.1, -0.05) is 12.1 Å². The Morgan fingerprint density at radius 1 is 1.29 bits per heavy atom. The molecule has 0 aliphatic carbocycles. The van der Waals surface area contributed by atoms with Crippen LogP contribution in [0.5, 0.6) is 5.75 Å². The number of nitrogens with one attached hydrogen (secondary N) is 1. The minimum Gasteiger partial charge on any atom is -0.491 e. The van der Waals surface area contributed by atoms with E-state index < -0.39 is 0 Å². The summed E-state index contributed by atoms with van der Waals surface area (Å²) in [4.78, 5) is 22.3. The number of hydrazine groups is 1. The van der Waals surface area contributed by atoms with Gasteiger partial charge in [0.05, 0.1) is 43.3 Å². The Labute approximate surface area is 121 Å². The van der Waals surface area contributed by atoms with E-state index in [0.717, 1.165) is 5.69 Å². The first kappa shape index (κ1) is 13.3. The molecule has 1 aromatic heterocycles. The minimum atomic E-state index is 0.00257. The van der Waals surface area contributed by atoms with E-state index in [1.165, 1.54) is 6.20 Å². The molecule has 1 amide bonds. The number of carbonyl (C=O) groups is 1. The quantitative estimate of drug-likeness (QED) is 0.647. The second-order valence-corrected chi connectivity index (χ2v) is 4.58. The van der Waals surface area contributed by atoms with E-state index >= 15 is 0 Å². The fourth-order valence-electron chi connectivity index (χ4n) is 2.17. The van der Waals surface area contributed by atoms with Gasteiger partial charge in [0.15, 0.2) is 5.82 Å². The maximum atomic E-state index is 12.3. The molecule has 7 heteroatoms. The molecule has 7 nitrogen and oxygen atoms in total.